The average molecular weight is 422 g/mol. The zero-order chi connectivity index (χ0) is 20.9. The number of nitrogens with two attached hydrogens (primary N) is 1. The van der Waals surface area contributed by atoms with Crippen LogP contribution in [0.2, 0.25) is 0 Å². The van der Waals surface area contributed by atoms with Crippen LogP contribution in [0.15, 0.2) is 24.4 Å². The standard InChI is InChI=1S/C21H27N9O/c22-14-7-10-28(12-14)19(31)16-3-1-8-29(16)21-24-18-4-2-9-30(18)20(25-21)23-17-11-15(26-27-17)13-5-6-13/h2,4,9,11,13-14,16H,1,3,5-8,10,12,22H2,(H2,23,24,25,26,27)/t14-,16-/m0/s1. The minimum Gasteiger partial charge on any atom is -0.339 e. The van der Waals surface area contributed by atoms with Gasteiger partial charge < -0.3 is 20.9 Å². The molecule has 0 radical (unpaired) electrons. The number of nitrogens with zero attached hydrogens (tertiary/aromatic N) is 6. The minimum absolute atomic E-state index is 0.0808. The number of carbonyl (C=O) groups excluding carboxylic acids is 1. The van der Waals surface area contributed by atoms with Crippen LogP contribution in [0, 0.1) is 0 Å². The van der Waals surface area contributed by atoms with Gasteiger partial charge in [-0.25, -0.2) is 0 Å². The lowest BCUT2D eigenvalue weighted by Gasteiger charge is -2.28. The molecule has 10 nitrogen and oxygen atoms in total. The van der Waals surface area contributed by atoms with Gasteiger partial charge in [0.25, 0.3) is 0 Å². The Morgan fingerprint density at radius 3 is 2.90 bits per heavy atom. The molecule has 0 unspecified atom stereocenters. The molecule has 2 aliphatic heterocycles. The third kappa shape index (κ3) is 3.40. The first kappa shape index (κ1) is 18.6. The van der Waals surface area contributed by atoms with E-state index >= 15 is 0 Å². The van der Waals surface area contributed by atoms with Crippen molar-refractivity contribution in [3.63, 3.8) is 0 Å². The molecule has 2 saturated heterocycles. The quantitative estimate of drug-likeness (QED) is 0.572. The third-order valence-corrected chi connectivity index (χ3v) is 6.56. The Kier molecular flexibility index (Phi) is 4.34. The summed E-state index contributed by atoms with van der Waals surface area (Å²) in [5.41, 5.74) is 7.97. The van der Waals surface area contributed by atoms with E-state index in [1.807, 2.05) is 38.6 Å². The number of anilines is 3. The van der Waals surface area contributed by atoms with Gasteiger partial charge in [0, 0.05) is 49.6 Å². The van der Waals surface area contributed by atoms with Crippen LogP contribution < -0.4 is 16.0 Å². The van der Waals surface area contributed by atoms with E-state index in [1.165, 1.54) is 12.8 Å². The van der Waals surface area contributed by atoms with E-state index in [9.17, 15) is 4.79 Å². The van der Waals surface area contributed by atoms with Crippen LogP contribution >= 0.6 is 0 Å². The number of hydrogen-bond acceptors (Lipinski definition) is 7. The molecule has 3 aliphatic rings. The number of H-pyrrole nitrogens is 1. The number of hydrogen-bond donors (Lipinski definition) is 3. The normalized spacial score (nSPS) is 23.8. The van der Waals surface area contributed by atoms with Crippen LogP contribution in [0.4, 0.5) is 17.7 Å². The molecule has 1 amide bonds. The second-order valence-corrected chi connectivity index (χ2v) is 8.88. The van der Waals surface area contributed by atoms with E-state index in [4.69, 9.17) is 15.7 Å². The van der Waals surface area contributed by atoms with Gasteiger partial charge in [-0.2, -0.15) is 15.1 Å². The maximum absolute atomic E-state index is 13.2. The van der Waals surface area contributed by atoms with E-state index < -0.39 is 0 Å². The van der Waals surface area contributed by atoms with E-state index in [0.717, 1.165) is 49.5 Å². The van der Waals surface area contributed by atoms with Crippen molar-refractivity contribution in [3.05, 3.63) is 30.1 Å². The van der Waals surface area contributed by atoms with Crippen molar-refractivity contribution >= 4 is 29.3 Å². The highest BCUT2D eigenvalue weighted by atomic mass is 16.2. The summed E-state index contributed by atoms with van der Waals surface area (Å²) in [4.78, 5) is 26.7. The van der Waals surface area contributed by atoms with E-state index in [-0.39, 0.29) is 18.0 Å². The van der Waals surface area contributed by atoms with Crippen molar-refractivity contribution in [2.24, 2.45) is 5.73 Å². The Hall–Kier alpha value is -3.14. The number of amides is 1. The van der Waals surface area contributed by atoms with E-state index in [2.05, 4.69) is 15.5 Å². The molecular weight excluding hydrogens is 394 g/mol. The third-order valence-electron chi connectivity index (χ3n) is 6.56. The van der Waals surface area contributed by atoms with Crippen LogP contribution in [0.25, 0.3) is 5.65 Å². The fourth-order valence-corrected chi connectivity index (χ4v) is 4.71. The van der Waals surface area contributed by atoms with Gasteiger partial charge in [0.1, 0.15) is 11.7 Å². The zero-order valence-corrected chi connectivity index (χ0v) is 17.4. The molecular formula is C21H27N9O. The number of aromatic nitrogens is 5. The van der Waals surface area contributed by atoms with Crippen molar-refractivity contribution in [2.45, 2.75) is 50.1 Å². The lowest BCUT2D eigenvalue weighted by Crippen LogP contribution is -2.46. The van der Waals surface area contributed by atoms with Gasteiger partial charge in [-0.15, -0.1) is 0 Å². The molecule has 2 atom stereocenters. The average Bonchev–Trinajstić information content (AvgIpc) is 3.22. The molecule has 0 bridgehead atoms. The van der Waals surface area contributed by atoms with Crippen LogP contribution in [0.3, 0.4) is 0 Å². The Bertz CT molecular complexity index is 1120. The summed E-state index contributed by atoms with van der Waals surface area (Å²) in [5, 5.41) is 10.9. The number of carbonyl (C=O) groups is 1. The second-order valence-electron chi connectivity index (χ2n) is 8.88. The highest BCUT2D eigenvalue weighted by Crippen LogP contribution is 2.39. The number of aromatic amines is 1. The van der Waals surface area contributed by atoms with Gasteiger partial charge >= 0.3 is 0 Å². The minimum atomic E-state index is -0.234. The van der Waals surface area contributed by atoms with Crippen molar-refractivity contribution in [1.29, 1.82) is 0 Å². The summed E-state index contributed by atoms with van der Waals surface area (Å²) in [6.45, 7) is 2.14. The summed E-state index contributed by atoms with van der Waals surface area (Å²) in [5.74, 6) is 2.69. The Morgan fingerprint density at radius 1 is 1.19 bits per heavy atom. The molecule has 162 valence electrons. The summed E-state index contributed by atoms with van der Waals surface area (Å²) in [6, 6.07) is 5.79. The van der Waals surface area contributed by atoms with E-state index in [1.54, 1.807) is 0 Å². The predicted molar refractivity (Wildman–Crippen MR) is 116 cm³/mol. The molecule has 3 aromatic heterocycles. The summed E-state index contributed by atoms with van der Waals surface area (Å²) in [6.07, 6.45) is 6.98. The second kappa shape index (κ2) is 7.23. The molecule has 10 heteroatoms. The molecule has 3 fully saturated rings. The Balaban J connectivity index is 1.30. The fraction of sp³-hybridized carbons (Fsp3) is 0.524. The van der Waals surface area contributed by atoms with Crippen LogP contribution in [0.1, 0.15) is 43.7 Å². The Labute approximate surface area is 179 Å². The van der Waals surface area contributed by atoms with Crippen molar-refractivity contribution < 1.29 is 4.79 Å². The highest BCUT2D eigenvalue weighted by molar-refractivity contribution is 5.86. The monoisotopic (exact) mass is 421 g/mol. The van der Waals surface area contributed by atoms with Crippen LogP contribution in [-0.2, 0) is 4.79 Å². The van der Waals surface area contributed by atoms with Crippen molar-refractivity contribution in [3.8, 4) is 0 Å². The van der Waals surface area contributed by atoms with Gasteiger partial charge in [0.15, 0.2) is 5.82 Å². The molecule has 1 saturated carbocycles. The Morgan fingerprint density at radius 2 is 2.10 bits per heavy atom. The van der Waals surface area contributed by atoms with Gasteiger partial charge in [-0.05, 0) is 44.2 Å². The first-order valence-corrected chi connectivity index (χ1v) is 11.1. The number of likely N-dealkylation sites (tertiary alicyclic amines) is 1. The SMILES string of the molecule is N[C@H]1CCN(C(=O)[C@@H]2CCCN2c2nc(Nc3cc(C4CC4)[nH]n3)n3cccc3n2)C1. The topological polar surface area (TPSA) is 120 Å². The number of fused-ring (bicyclic) bond motifs is 1. The zero-order valence-electron chi connectivity index (χ0n) is 17.4. The van der Waals surface area contributed by atoms with Crippen LogP contribution in [0.5, 0.6) is 0 Å². The first-order valence-electron chi connectivity index (χ1n) is 11.1. The smallest absolute Gasteiger partial charge is 0.245 e. The van der Waals surface area contributed by atoms with E-state index in [0.29, 0.717) is 24.4 Å². The first-order chi connectivity index (χ1) is 15.2. The molecule has 31 heavy (non-hydrogen) atoms. The number of rotatable bonds is 5. The predicted octanol–water partition coefficient (Wildman–Crippen LogP) is 1.60. The fourth-order valence-electron chi connectivity index (χ4n) is 4.71. The molecule has 0 aromatic carbocycles. The van der Waals surface area contributed by atoms with Gasteiger partial charge in [-0.1, -0.05) is 0 Å². The summed E-state index contributed by atoms with van der Waals surface area (Å²) < 4.78 is 1.90. The lowest BCUT2D eigenvalue weighted by molar-refractivity contribution is -0.131. The maximum atomic E-state index is 13.2. The molecule has 6 rings (SSSR count). The summed E-state index contributed by atoms with van der Waals surface area (Å²) >= 11 is 0. The lowest BCUT2D eigenvalue weighted by atomic mass is 10.2. The highest BCUT2D eigenvalue weighted by Gasteiger charge is 2.37. The van der Waals surface area contributed by atoms with Crippen molar-refractivity contribution in [2.75, 3.05) is 29.9 Å². The van der Waals surface area contributed by atoms with Crippen molar-refractivity contribution in [1.82, 2.24) is 29.5 Å². The summed E-state index contributed by atoms with van der Waals surface area (Å²) in [7, 11) is 0. The number of nitrogens with one attached hydrogen (secondary N) is 2. The van der Waals surface area contributed by atoms with Gasteiger partial charge in [0.2, 0.25) is 17.8 Å². The molecule has 4 N–H and O–H groups in total. The van der Waals surface area contributed by atoms with Crippen LogP contribution in [-0.4, -0.2) is 67.1 Å². The largest absolute Gasteiger partial charge is 0.339 e. The molecule has 5 heterocycles. The molecule has 3 aromatic rings. The van der Waals surface area contributed by atoms with Gasteiger partial charge in [0.05, 0.1) is 0 Å². The van der Waals surface area contributed by atoms with Gasteiger partial charge in [-0.3, -0.25) is 14.3 Å². The molecule has 1 aliphatic carbocycles. The molecule has 0 spiro atoms. The maximum Gasteiger partial charge on any atom is 0.245 e.